The van der Waals surface area contributed by atoms with Crippen molar-refractivity contribution in [3.63, 3.8) is 0 Å². The normalized spacial score (nSPS) is 11.5. The van der Waals surface area contributed by atoms with Gasteiger partial charge < -0.3 is 14.7 Å². The van der Waals surface area contributed by atoms with Gasteiger partial charge in [0.2, 0.25) is 7.98 Å². The molecule has 0 unspecified atom stereocenters. The quantitative estimate of drug-likeness (QED) is 0.665. The van der Waals surface area contributed by atoms with E-state index < -0.39 is 5.56 Å². The molecule has 0 amide bonds. The van der Waals surface area contributed by atoms with E-state index in [0.29, 0.717) is 16.8 Å². The fraction of sp³-hybridized carbons (Fsp3) is 0.353. The highest BCUT2D eigenvalue weighted by atomic mass is 16.3. The van der Waals surface area contributed by atoms with Crippen LogP contribution in [0.5, 0.6) is 5.88 Å². The summed E-state index contributed by atoms with van der Waals surface area (Å²) in [6.45, 7) is 5.38. The highest BCUT2D eigenvalue weighted by molar-refractivity contribution is 6.17. The topological polar surface area (TPSA) is 73.4 Å². The average molecular weight is 349 g/mol. The number of rotatable bonds is 5. The number of hydrogen-bond donors (Lipinski definition) is 1. The summed E-state index contributed by atoms with van der Waals surface area (Å²) < 4.78 is 1.16. The molecule has 1 heterocycles. The number of aryl methyl sites for hydroxylation is 1. The zero-order valence-corrected chi connectivity index (χ0v) is 15.7. The molecule has 0 aliphatic carbocycles. The Morgan fingerprint density at radius 3 is 2.31 bits per heavy atom. The molecular formula is C17H21B2N5O2. The summed E-state index contributed by atoms with van der Waals surface area (Å²) in [7, 11) is 14.7. The molecular weight excluding hydrogens is 328 g/mol. The maximum Gasteiger partial charge on any atom is 0.282 e. The molecule has 7 nitrogen and oxygen atoms in total. The second-order valence-corrected chi connectivity index (χ2v) is 6.39. The van der Waals surface area contributed by atoms with Crippen LogP contribution in [0.2, 0.25) is 0 Å². The minimum Gasteiger partial charge on any atom is -0.494 e. The first-order valence-electron chi connectivity index (χ1n) is 8.02. The summed E-state index contributed by atoms with van der Waals surface area (Å²) in [5, 5.41) is 18.6. The van der Waals surface area contributed by atoms with Crippen LogP contribution in [0, 0.1) is 20.8 Å². The van der Waals surface area contributed by atoms with E-state index in [4.69, 9.17) is 16.0 Å². The van der Waals surface area contributed by atoms with Crippen LogP contribution < -0.4 is 10.4 Å². The Morgan fingerprint density at radius 1 is 1.08 bits per heavy atom. The van der Waals surface area contributed by atoms with Gasteiger partial charge in [-0.3, -0.25) is 9.36 Å². The summed E-state index contributed by atoms with van der Waals surface area (Å²) in [4.78, 5) is 15.5. The smallest absolute Gasteiger partial charge is 0.282 e. The van der Waals surface area contributed by atoms with Gasteiger partial charge in [-0.05, 0) is 64.2 Å². The minimum atomic E-state index is -0.463. The molecule has 1 N–H and O–H groups in total. The Morgan fingerprint density at radius 2 is 1.73 bits per heavy atom. The van der Waals surface area contributed by atoms with Crippen molar-refractivity contribution >= 4 is 33.0 Å². The van der Waals surface area contributed by atoms with Crippen LogP contribution in [0.3, 0.4) is 0 Å². The molecule has 0 saturated heterocycles. The summed E-state index contributed by atoms with van der Waals surface area (Å²) in [5.41, 5.74) is 3.13. The number of azo groups is 1. The summed E-state index contributed by atoms with van der Waals surface area (Å²) in [5.74, 6) is -0.133. The summed E-state index contributed by atoms with van der Waals surface area (Å²) in [6, 6.07) is 5.52. The van der Waals surface area contributed by atoms with Gasteiger partial charge in [-0.1, -0.05) is 0 Å². The molecule has 1 aromatic carbocycles. The van der Waals surface area contributed by atoms with Gasteiger partial charge in [0.05, 0.1) is 12.4 Å². The van der Waals surface area contributed by atoms with E-state index in [-0.39, 0.29) is 18.2 Å². The van der Waals surface area contributed by atoms with Gasteiger partial charge >= 0.3 is 0 Å². The molecule has 2 rings (SSSR count). The van der Waals surface area contributed by atoms with E-state index in [9.17, 15) is 9.90 Å². The number of pyridine rings is 1. The highest BCUT2D eigenvalue weighted by Crippen LogP contribution is 2.28. The van der Waals surface area contributed by atoms with Crippen LogP contribution in [0.15, 0.2) is 33.2 Å². The SMILES string of the molecule is [B]N(C)Cn1c(O)c(C)c(C)c(N=Nc2cc(C)cc(N([B])C)c2)c1=O. The average Bonchev–Trinajstić information content (AvgIpc) is 2.56. The maximum atomic E-state index is 12.7. The van der Waals surface area contributed by atoms with Crippen LogP contribution in [-0.4, -0.2) is 44.5 Å². The molecule has 26 heavy (non-hydrogen) atoms. The molecule has 2 aromatic rings. The van der Waals surface area contributed by atoms with Crippen LogP contribution in [0.1, 0.15) is 16.7 Å². The van der Waals surface area contributed by atoms with Crippen molar-refractivity contribution in [3.8, 4) is 5.88 Å². The first kappa shape index (κ1) is 19.8. The Kier molecular flexibility index (Phi) is 5.92. The Bertz CT molecular complexity index is 907. The lowest BCUT2D eigenvalue weighted by Gasteiger charge is -2.18. The van der Waals surface area contributed by atoms with Crippen molar-refractivity contribution in [2.45, 2.75) is 27.4 Å². The van der Waals surface area contributed by atoms with Crippen LogP contribution >= 0.6 is 0 Å². The molecule has 4 radical (unpaired) electrons. The van der Waals surface area contributed by atoms with E-state index in [0.717, 1.165) is 15.8 Å². The lowest BCUT2D eigenvalue weighted by molar-refractivity contribution is 0.347. The Hall–Kier alpha value is -2.54. The summed E-state index contributed by atoms with van der Waals surface area (Å²) in [6.07, 6.45) is 0. The standard InChI is InChI=1S/C17H21B2N5O2/c1-10-6-13(8-14(7-10)23(5)19)20-21-15-11(2)12(3)16(25)24(17(15)26)9-22(4)18/h6-8,25H,9H2,1-5H3. The molecule has 1 aromatic heterocycles. The molecule has 0 aliphatic heterocycles. The van der Waals surface area contributed by atoms with Crippen molar-refractivity contribution in [2.75, 3.05) is 18.9 Å². The van der Waals surface area contributed by atoms with Gasteiger partial charge in [-0.25, -0.2) is 0 Å². The second-order valence-electron chi connectivity index (χ2n) is 6.39. The van der Waals surface area contributed by atoms with Gasteiger partial charge in [0.1, 0.15) is 0 Å². The molecule has 0 bridgehead atoms. The monoisotopic (exact) mass is 349 g/mol. The number of anilines is 1. The molecule has 132 valence electrons. The van der Waals surface area contributed by atoms with E-state index in [1.165, 1.54) is 9.62 Å². The predicted molar refractivity (Wildman–Crippen MR) is 105 cm³/mol. The van der Waals surface area contributed by atoms with Crippen molar-refractivity contribution in [3.05, 3.63) is 45.2 Å². The van der Waals surface area contributed by atoms with Gasteiger partial charge in [0, 0.05) is 11.3 Å². The fourth-order valence-electron chi connectivity index (χ4n) is 2.52. The molecule has 0 saturated carbocycles. The van der Waals surface area contributed by atoms with Crippen molar-refractivity contribution in [1.82, 2.24) is 9.38 Å². The second kappa shape index (κ2) is 7.78. The maximum absolute atomic E-state index is 12.7. The largest absolute Gasteiger partial charge is 0.494 e. The van der Waals surface area contributed by atoms with E-state index in [1.54, 1.807) is 34.0 Å². The zero-order valence-electron chi connectivity index (χ0n) is 15.7. The molecule has 0 aliphatic rings. The van der Waals surface area contributed by atoms with Crippen LogP contribution in [0.25, 0.3) is 0 Å². The first-order chi connectivity index (χ1) is 12.1. The predicted octanol–water partition coefficient (Wildman–Crippen LogP) is 2.39. The molecule has 9 heteroatoms. The minimum absolute atomic E-state index is 0.0286. The third-order valence-electron chi connectivity index (χ3n) is 4.04. The van der Waals surface area contributed by atoms with Crippen LogP contribution in [-0.2, 0) is 6.67 Å². The van der Waals surface area contributed by atoms with E-state index in [2.05, 4.69) is 10.2 Å². The molecule has 0 atom stereocenters. The zero-order chi connectivity index (χ0) is 19.6. The Labute approximate surface area is 155 Å². The third kappa shape index (κ3) is 4.16. The number of benzene rings is 1. The van der Waals surface area contributed by atoms with Crippen molar-refractivity contribution in [1.29, 1.82) is 0 Å². The highest BCUT2D eigenvalue weighted by Gasteiger charge is 2.16. The van der Waals surface area contributed by atoms with E-state index in [1.807, 2.05) is 19.1 Å². The molecule has 0 spiro atoms. The van der Waals surface area contributed by atoms with Gasteiger partial charge in [-0.15, -0.1) is 5.11 Å². The molecule has 0 fully saturated rings. The lowest BCUT2D eigenvalue weighted by atomic mass is 10.1. The number of aromatic nitrogens is 1. The van der Waals surface area contributed by atoms with E-state index >= 15 is 0 Å². The Balaban J connectivity index is 2.55. The van der Waals surface area contributed by atoms with Crippen molar-refractivity contribution < 1.29 is 5.11 Å². The fourth-order valence-corrected chi connectivity index (χ4v) is 2.52. The third-order valence-corrected chi connectivity index (χ3v) is 4.04. The van der Waals surface area contributed by atoms with Crippen molar-refractivity contribution in [2.24, 2.45) is 10.2 Å². The number of hydrogen-bond acceptors (Lipinski definition) is 6. The number of nitrogens with zero attached hydrogens (tertiary/aromatic N) is 5. The lowest BCUT2D eigenvalue weighted by Crippen LogP contribution is -2.29. The first-order valence-corrected chi connectivity index (χ1v) is 8.02. The van der Waals surface area contributed by atoms with Gasteiger partial charge in [0.25, 0.3) is 5.56 Å². The summed E-state index contributed by atoms with van der Waals surface area (Å²) >= 11 is 0. The van der Waals surface area contributed by atoms with Crippen LogP contribution in [0.4, 0.5) is 17.1 Å². The van der Waals surface area contributed by atoms with Gasteiger partial charge in [-0.2, -0.15) is 5.11 Å². The van der Waals surface area contributed by atoms with Gasteiger partial charge in [0.15, 0.2) is 19.5 Å². The number of aromatic hydroxyl groups is 1.